The lowest BCUT2D eigenvalue weighted by Gasteiger charge is -2.01. The highest BCUT2D eigenvalue weighted by molar-refractivity contribution is 9.10. The highest BCUT2D eigenvalue weighted by Crippen LogP contribution is 2.30. The van der Waals surface area contributed by atoms with Crippen molar-refractivity contribution < 1.29 is 13.6 Å². The molecule has 7 heteroatoms. The summed E-state index contributed by atoms with van der Waals surface area (Å²) in [5.74, 6) is 0.557. The Hall–Kier alpha value is -1.99. The van der Waals surface area contributed by atoms with Crippen molar-refractivity contribution in [2.75, 3.05) is 5.32 Å². The quantitative estimate of drug-likeness (QED) is 0.666. The van der Waals surface area contributed by atoms with Crippen LogP contribution in [0, 0.1) is 19.7 Å². The zero-order valence-corrected chi connectivity index (χ0v) is 14.7. The standard InChI is InChI=1S/C16H12BrFN2O2S/c1-8-13(14(17)9(2)22-8)15(21)20-16-19-12(7-23-16)10-4-3-5-11(18)6-10/h3-7H,1-2H3,(H,19,20,21). The lowest BCUT2D eigenvalue weighted by atomic mass is 10.2. The number of aryl methyl sites for hydroxylation is 2. The molecular weight excluding hydrogens is 383 g/mol. The van der Waals surface area contributed by atoms with Gasteiger partial charge in [0.05, 0.1) is 15.7 Å². The Morgan fingerprint density at radius 3 is 2.78 bits per heavy atom. The van der Waals surface area contributed by atoms with E-state index in [4.69, 9.17) is 4.42 Å². The largest absolute Gasteiger partial charge is 0.465 e. The van der Waals surface area contributed by atoms with E-state index < -0.39 is 0 Å². The molecule has 0 radical (unpaired) electrons. The Morgan fingerprint density at radius 1 is 1.35 bits per heavy atom. The number of hydrogen-bond donors (Lipinski definition) is 1. The van der Waals surface area contributed by atoms with Gasteiger partial charge in [0.15, 0.2) is 5.13 Å². The van der Waals surface area contributed by atoms with E-state index in [1.807, 2.05) is 0 Å². The summed E-state index contributed by atoms with van der Waals surface area (Å²) in [4.78, 5) is 16.7. The molecule has 0 aliphatic rings. The second-order valence-electron chi connectivity index (χ2n) is 4.91. The molecule has 0 aliphatic carbocycles. The van der Waals surface area contributed by atoms with Crippen LogP contribution in [0.1, 0.15) is 21.9 Å². The first-order valence-electron chi connectivity index (χ1n) is 6.74. The van der Waals surface area contributed by atoms with Gasteiger partial charge >= 0.3 is 0 Å². The molecule has 2 heterocycles. The monoisotopic (exact) mass is 394 g/mol. The lowest BCUT2D eigenvalue weighted by molar-refractivity contribution is 0.102. The third-order valence-corrected chi connectivity index (χ3v) is 4.97. The third-order valence-electron chi connectivity index (χ3n) is 3.26. The third kappa shape index (κ3) is 3.20. The number of nitrogens with zero attached hydrogens (tertiary/aromatic N) is 1. The number of hydrogen-bond acceptors (Lipinski definition) is 4. The molecule has 23 heavy (non-hydrogen) atoms. The summed E-state index contributed by atoms with van der Waals surface area (Å²) in [7, 11) is 0. The first-order valence-corrected chi connectivity index (χ1v) is 8.41. The van der Waals surface area contributed by atoms with Crippen molar-refractivity contribution in [3.8, 4) is 11.3 Å². The smallest absolute Gasteiger partial charge is 0.262 e. The number of thiazole rings is 1. The molecule has 0 saturated heterocycles. The number of halogens is 2. The topological polar surface area (TPSA) is 55.1 Å². The number of carbonyl (C=O) groups is 1. The van der Waals surface area contributed by atoms with E-state index in [0.29, 0.717) is 37.9 Å². The average molecular weight is 395 g/mol. The molecule has 3 aromatic rings. The highest BCUT2D eigenvalue weighted by atomic mass is 79.9. The van der Waals surface area contributed by atoms with Gasteiger partial charge in [-0.15, -0.1) is 11.3 Å². The van der Waals surface area contributed by atoms with Gasteiger partial charge in [0.25, 0.3) is 5.91 Å². The summed E-state index contributed by atoms with van der Waals surface area (Å²) in [6.45, 7) is 3.51. The van der Waals surface area contributed by atoms with E-state index in [9.17, 15) is 9.18 Å². The van der Waals surface area contributed by atoms with Gasteiger partial charge in [-0.1, -0.05) is 12.1 Å². The number of carbonyl (C=O) groups excluding carboxylic acids is 1. The second kappa shape index (κ2) is 6.25. The minimum absolute atomic E-state index is 0.300. The molecule has 118 valence electrons. The van der Waals surface area contributed by atoms with Gasteiger partial charge in [0.2, 0.25) is 0 Å². The number of aromatic nitrogens is 1. The maximum atomic E-state index is 13.3. The maximum absolute atomic E-state index is 13.3. The first kappa shape index (κ1) is 15.9. The number of furan rings is 1. The molecule has 0 saturated carbocycles. The molecule has 3 rings (SSSR count). The van der Waals surface area contributed by atoms with Crippen LogP contribution in [0.4, 0.5) is 9.52 Å². The van der Waals surface area contributed by atoms with Crippen LogP contribution < -0.4 is 5.32 Å². The lowest BCUT2D eigenvalue weighted by Crippen LogP contribution is -2.12. The van der Waals surface area contributed by atoms with E-state index in [0.717, 1.165) is 0 Å². The summed E-state index contributed by atoms with van der Waals surface area (Å²) in [6.07, 6.45) is 0. The highest BCUT2D eigenvalue weighted by Gasteiger charge is 2.20. The molecule has 0 aliphatic heterocycles. The number of anilines is 1. The molecule has 2 aromatic heterocycles. The van der Waals surface area contributed by atoms with Gasteiger partial charge < -0.3 is 4.42 Å². The van der Waals surface area contributed by atoms with Crippen molar-refractivity contribution in [1.29, 1.82) is 0 Å². The molecule has 0 atom stereocenters. The molecule has 1 aromatic carbocycles. The Bertz CT molecular complexity index is 888. The van der Waals surface area contributed by atoms with Crippen molar-refractivity contribution in [3.05, 3.63) is 57.0 Å². The molecule has 1 N–H and O–H groups in total. The van der Waals surface area contributed by atoms with Gasteiger partial charge in [-0.25, -0.2) is 9.37 Å². The summed E-state index contributed by atoms with van der Waals surface area (Å²) in [6, 6.07) is 6.17. The van der Waals surface area contributed by atoms with Gasteiger partial charge in [-0.2, -0.15) is 0 Å². The number of amides is 1. The van der Waals surface area contributed by atoms with Gasteiger partial charge in [0, 0.05) is 10.9 Å². The Balaban J connectivity index is 1.83. The minimum Gasteiger partial charge on any atom is -0.465 e. The van der Waals surface area contributed by atoms with Crippen molar-refractivity contribution in [2.24, 2.45) is 0 Å². The van der Waals surface area contributed by atoms with Crippen LogP contribution in [0.5, 0.6) is 0 Å². The minimum atomic E-state index is -0.325. The molecule has 0 unspecified atom stereocenters. The van der Waals surface area contributed by atoms with Crippen LogP contribution in [0.15, 0.2) is 38.5 Å². The number of rotatable bonds is 3. The summed E-state index contributed by atoms with van der Waals surface area (Å²) in [5.41, 5.74) is 1.73. The average Bonchev–Trinajstić information content (AvgIpc) is 3.04. The van der Waals surface area contributed by atoms with E-state index >= 15 is 0 Å². The van der Waals surface area contributed by atoms with Gasteiger partial charge in [0.1, 0.15) is 17.3 Å². The molecular formula is C16H12BrFN2O2S. The van der Waals surface area contributed by atoms with Gasteiger partial charge in [-0.05, 0) is 41.9 Å². The predicted molar refractivity (Wildman–Crippen MR) is 91.3 cm³/mol. The van der Waals surface area contributed by atoms with Crippen molar-refractivity contribution >= 4 is 38.3 Å². The predicted octanol–water partition coefficient (Wildman–Crippen LogP) is 5.17. The van der Waals surface area contributed by atoms with E-state index in [-0.39, 0.29) is 11.7 Å². The maximum Gasteiger partial charge on any atom is 0.262 e. The summed E-state index contributed by atoms with van der Waals surface area (Å²) >= 11 is 4.63. The van der Waals surface area contributed by atoms with E-state index in [1.165, 1.54) is 23.5 Å². The van der Waals surface area contributed by atoms with Crippen LogP contribution in [0.25, 0.3) is 11.3 Å². The van der Waals surface area contributed by atoms with Crippen LogP contribution in [-0.4, -0.2) is 10.9 Å². The molecule has 0 spiro atoms. The SMILES string of the molecule is Cc1oc(C)c(C(=O)Nc2nc(-c3cccc(F)c3)cs2)c1Br. The summed E-state index contributed by atoms with van der Waals surface area (Å²) in [5, 5.41) is 4.96. The molecule has 0 fully saturated rings. The zero-order valence-electron chi connectivity index (χ0n) is 12.3. The molecule has 4 nitrogen and oxygen atoms in total. The number of nitrogens with one attached hydrogen (secondary N) is 1. The van der Waals surface area contributed by atoms with Crippen molar-refractivity contribution in [1.82, 2.24) is 4.98 Å². The van der Waals surface area contributed by atoms with Crippen molar-refractivity contribution in [3.63, 3.8) is 0 Å². The Kier molecular flexibility index (Phi) is 4.32. The first-order chi connectivity index (χ1) is 11.0. The molecule has 1 amide bonds. The number of benzene rings is 1. The van der Waals surface area contributed by atoms with Crippen LogP contribution in [0.2, 0.25) is 0 Å². The van der Waals surface area contributed by atoms with E-state index in [2.05, 4.69) is 26.2 Å². The van der Waals surface area contributed by atoms with E-state index in [1.54, 1.807) is 31.4 Å². The Morgan fingerprint density at radius 2 is 2.13 bits per heavy atom. The van der Waals surface area contributed by atoms with Crippen LogP contribution in [-0.2, 0) is 0 Å². The fourth-order valence-electron chi connectivity index (χ4n) is 2.19. The second-order valence-corrected chi connectivity index (χ2v) is 6.56. The fourth-order valence-corrected chi connectivity index (χ4v) is 3.44. The Labute approximate surface area is 144 Å². The normalized spacial score (nSPS) is 10.8. The fraction of sp³-hybridized carbons (Fsp3) is 0.125. The van der Waals surface area contributed by atoms with Gasteiger partial charge in [-0.3, -0.25) is 10.1 Å². The molecule has 0 bridgehead atoms. The zero-order chi connectivity index (χ0) is 16.6. The summed E-state index contributed by atoms with van der Waals surface area (Å²) < 4.78 is 19.3. The van der Waals surface area contributed by atoms with Crippen LogP contribution in [0.3, 0.4) is 0 Å². The van der Waals surface area contributed by atoms with Crippen molar-refractivity contribution in [2.45, 2.75) is 13.8 Å². The van der Waals surface area contributed by atoms with Crippen LogP contribution >= 0.6 is 27.3 Å².